The van der Waals surface area contributed by atoms with Gasteiger partial charge in [-0.1, -0.05) is 30.3 Å². The van der Waals surface area contributed by atoms with E-state index in [-0.39, 0.29) is 0 Å². The van der Waals surface area contributed by atoms with Crippen molar-refractivity contribution in [1.82, 2.24) is 19.8 Å². The van der Waals surface area contributed by atoms with Gasteiger partial charge in [-0.05, 0) is 37.5 Å². The highest BCUT2D eigenvalue weighted by molar-refractivity contribution is 5.49. The zero-order chi connectivity index (χ0) is 17.0. The summed E-state index contributed by atoms with van der Waals surface area (Å²) in [6.07, 6.45) is 3.67. The van der Waals surface area contributed by atoms with Crippen LogP contribution in [0.3, 0.4) is 0 Å². The molecule has 6 nitrogen and oxygen atoms in total. The Bertz CT molecular complexity index is 908. The van der Waals surface area contributed by atoms with Crippen LogP contribution in [0.2, 0.25) is 0 Å². The van der Waals surface area contributed by atoms with Crippen LogP contribution in [0.1, 0.15) is 37.1 Å². The predicted molar refractivity (Wildman–Crippen MR) is 94.4 cm³/mol. The van der Waals surface area contributed by atoms with Gasteiger partial charge in [-0.2, -0.15) is 0 Å². The van der Waals surface area contributed by atoms with Gasteiger partial charge in [0.15, 0.2) is 11.5 Å². The first-order chi connectivity index (χ1) is 12.1. The van der Waals surface area contributed by atoms with E-state index in [1.54, 1.807) is 4.63 Å². The van der Waals surface area contributed by atoms with Crippen molar-refractivity contribution in [2.75, 3.05) is 4.90 Å². The monoisotopic (exact) mass is 335 g/mol. The Morgan fingerprint density at radius 1 is 1.00 bits per heavy atom. The first-order valence-electron chi connectivity index (χ1n) is 8.89. The average Bonchev–Trinajstić information content (AvgIpc) is 3.12. The Kier molecular flexibility index (Phi) is 3.12. The summed E-state index contributed by atoms with van der Waals surface area (Å²) in [6.45, 7) is 1.87. The molecule has 1 N–H and O–H groups in total. The predicted octanol–water partition coefficient (Wildman–Crippen LogP) is 2.45. The van der Waals surface area contributed by atoms with Gasteiger partial charge in [0, 0.05) is 24.9 Å². The van der Waals surface area contributed by atoms with Gasteiger partial charge >= 0.3 is 0 Å². The third-order valence-corrected chi connectivity index (χ3v) is 5.64. The second-order valence-electron chi connectivity index (χ2n) is 7.30. The summed E-state index contributed by atoms with van der Waals surface area (Å²) in [7, 11) is 0. The summed E-state index contributed by atoms with van der Waals surface area (Å²) >= 11 is 0. The van der Waals surface area contributed by atoms with Crippen molar-refractivity contribution in [2.45, 2.75) is 50.3 Å². The second kappa shape index (κ2) is 5.26. The van der Waals surface area contributed by atoms with E-state index in [0.717, 1.165) is 48.5 Å². The minimum absolute atomic E-state index is 0.304. The minimum Gasteiger partial charge on any atom is -0.385 e. The molecule has 0 saturated carbocycles. The normalized spacial score (nSPS) is 28.6. The molecule has 5 rings (SSSR count). The van der Waals surface area contributed by atoms with Crippen LogP contribution in [0.25, 0.3) is 5.65 Å². The molecule has 0 aliphatic carbocycles. The lowest BCUT2D eigenvalue weighted by molar-refractivity contribution is -0.00323. The number of aromatic nitrogens is 4. The van der Waals surface area contributed by atoms with Gasteiger partial charge in [0.25, 0.3) is 0 Å². The van der Waals surface area contributed by atoms with Gasteiger partial charge in [0.2, 0.25) is 0 Å². The van der Waals surface area contributed by atoms with Gasteiger partial charge in [-0.3, -0.25) is 0 Å². The fourth-order valence-electron chi connectivity index (χ4n) is 4.60. The maximum Gasteiger partial charge on any atom is 0.176 e. The molecule has 2 unspecified atom stereocenters. The molecule has 2 aromatic heterocycles. The fourth-order valence-corrected chi connectivity index (χ4v) is 4.60. The summed E-state index contributed by atoms with van der Waals surface area (Å²) in [6, 6.07) is 14.7. The van der Waals surface area contributed by atoms with Crippen molar-refractivity contribution in [3.63, 3.8) is 0 Å². The molecule has 6 heteroatoms. The number of nitrogens with zero attached hydrogens (tertiary/aromatic N) is 5. The van der Waals surface area contributed by atoms with Crippen LogP contribution in [0, 0.1) is 6.92 Å². The molecule has 2 aliphatic rings. The molecule has 0 radical (unpaired) electrons. The average molecular weight is 335 g/mol. The Morgan fingerprint density at radius 2 is 1.72 bits per heavy atom. The molecule has 2 saturated heterocycles. The van der Waals surface area contributed by atoms with Gasteiger partial charge in [0.1, 0.15) is 5.82 Å². The summed E-state index contributed by atoms with van der Waals surface area (Å²) < 4.78 is 1.61. The van der Waals surface area contributed by atoms with Crippen LogP contribution in [-0.2, 0) is 5.60 Å². The van der Waals surface area contributed by atoms with Gasteiger partial charge in [-0.15, -0.1) is 14.8 Å². The van der Waals surface area contributed by atoms with Crippen LogP contribution >= 0.6 is 0 Å². The number of aliphatic hydroxyl groups is 1. The number of rotatable bonds is 2. The van der Waals surface area contributed by atoms with Crippen LogP contribution in [0.5, 0.6) is 0 Å². The summed E-state index contributed by atoms with van der Waals surface area (Å²) in [5.74, 6) is 1.66. The molecular formula is C19H21N5O. The topological polar surface area (TPSA) is 66.5 Å². The molecule has 3 aromatic rings. The van der Waals surface area contributed by atoms with Crippen molar-refractivity contribution >= 4 is 11.5 Å². The highest BCUT2D eigenvalue weighted by Gasteiger charge is 2.48. The zero-order valence-corrected chi connectivity index (χ0v) is 14.2. The van der Waals surface area contributed by atoms with E-state index in [4.69, 9.17) is 0 Å². The third kappa shape index (κ3) is 2.32. The number of hydrogen-bond donors (Lipinski definition) is 1. The SMILES string of the molecule is Cc1nc2ccc(N3C4CCC3CC(O)(c3ccccc3)C4)nn2n1. The van der Waals surface area contributed by atoms with Gasteiger partial charge in [0.05, 0.1) is 5.60 Å². The lowest BCUT2D eigenvalue weighted by Gasteiger charge is -2.44. The first kappa shape index (κ1) is 14.8. The lowest BCUT2D eigenvalue weighted by Crippen LogP contribution is -2.50. The number of hydrogen-bond acceptors (Lipinski definition) is 5. The zero-order valence-electron chi connectivity index (χ0n) is 14.2. The van der Waals surface area contributed by atoms with Crippen molar-refractivity contribution in [3.05, 3.63) is 53.9 Å². The quantitative estimate of drug-likeness (QED) is 0.779. The van der Waals surface area contributed by atoms with Gasteiger partial charge in [-0.25, -0.2) is 4.98 Å². The van der Waals surface area contributed by atoms with Crippen molar-refractivity contribution in [3.8, 4) is 0 Å². The lowest BCUT2D eigenvalue weighted by atomic mass is 9.80. The molecular weight excluding hydrogens is 314 g/mol. The van der Waals surface area contributed by atoms with E-state index in [9.17, 15) is 5.11 Å². The molecule has 128 valence electrons. The van der Waals surface area contributed by atoms with Crippen molar-refractivity contribution < 1.29 is 5.11 Å². The minimum atomic E-state index is -0.739. The van der Waals surface area contributed by atoms with E-state index in [1.165, 1.54) is 0 Å². The van der Waals surface area contributed by atoms with Crippen LogP contribution < -0.4 is 4.90 Å². The molecule has 2 fully saturated rings. The molecule has 25 heavy (non-hydrogen) atoms. The molecule has 4 heterocycles. The molecule has 2 atom stereocenters. The Hall–Kier alpha value is -2.47. The largest absolute Gasteiger partial charge is 0.385 e. The number of anilines is 1. The molecule has 2 aliphatic heterocycles. The summed E-state index contributed by atoms with van der Waals surface area (Å²) in [4.78, 5) is 6.73. The first-order valence-corrected chi connectivity index (χ1v) is 8.89. The fraction of sp³-hybridized carbons (Fsp3) is 0.421. The molecule has 1 aromatic carbocycles. The van der Waals surface area contributed by atoms with E-state index >= 15 is 0 Å². The number of piperidine rings is 1. The van der Waals surface area contributed by atoms with Crippen LogP contribution in [0.4, 0.5) is 5.82 Å². The Morgan fingerprint density at radius 3 is 2.44 bits per heavy atom. The number of fused-ring (bicyclic) bond motifs is 3. The summed E-state index contributed by atoms with van der Waals surface area (Å²) in [5, 5.41) is 20.3. The number of aryl methyl sites for hydroxylation is 1. The number of benzene rings is 1. The van der Waals surface area contributed by atoms with Crippen LogP contribution in [-0.4, -0.2) is 37.0 Å². The standard InChI is InChI=1S/C19H21N5O/c1-13-20-17-9-10-18(22-24(17)21-13)23-15-7-8-16(23)12-19(25,11-15)14-5-3-2-4-6-14/h2-6,9-10,15-16,25H,7-8,11-12H2,1H3. The smallest absolute Gasteiger partial charge is 0.176 e. The van der Waals surface area contributed by atoms with Crippen molar-refractivity contribution in [2.24, 2.45) is 0 Å². The van der Waals surface area contributed by atoms with E-state index < -0.39 is 5.60 Å². The molecule has 0 amide bonds. The van der Waals surface area contributed by atoms with E-state index in [1.807, 2.05) is 49.4 Å². The second-order valence-corrected chi connectivity index (χ2v) is 7.30. The van der Waals surface area contributed by atoms with Crippen molar-refractivity contribution in [1.29, 1.82) is 0 Å². The Labute approximate surface area is 146 Å². The summed E-state index contributed by atoms with van der Waals surface area (Å²) in [5.41, 5.74) is 1.06. The Balaban J connectivity index is 1.49. The maximum absolute atomic E-state index is 11.3. The van der Waals surface area contributed by atoms with E-state index in [0.29, 0.717) is 12.1 Å². The highest BCUT2D eigenvalue weighted by Crippen LogP contribution is 2.46. The van der Waals surface area contributed by atoms with Crippen LogP contribution in [0.15, 0.2) is 42.5 Å². The van der Waals surface area contributed by atoms with E-state index in [2.05, 4.69) is 20.1 Å². The molecule has 0 spiro atoms. The highest BCUT2D eigenvalue weighted by atomic mass is 16.3. The van der Waals surface area contributed by atoms with Gasteiger partial charge < -0.3 is 10.0 Å². The third-order valence-electron chi connectivity index (χ3n) is 5.64. The molecule has 2 bridgehead atoms. The maximum atomic E-state index is 11.3.